The molecule has 1 aromatic carbocycles. The monoisotopic (exact) mass is 210 g/mol. The van der Waals surface area contributed by atoms with E-state index < -0.39 is 11.8 Å². The fourth-order valence-electron chi connectivity index (χ4n) is 1.17. The van der Waals surface area contributed by atoms with E-state index in [4.69, 9.17) is 9.84 Å². The van der Waals surface area contributed by atoms with Crippen molar-refractivity contribution in [2.45, 2.75) is 6.42 Å². The van der Waals surface area contributed by atoms with Gasteiger partial charge in [0.15, 0.2) is 11.6 Å². The molecule has 0 aliphatic heterocycles. The van der Waals surface area contributed by atoms with E-state index in [1.54, 1.807) is 6.07 Å². The predicted octanol–water partition coefficient (Wildman–Crippen LogP) is 2.32. The van der Waals surface area contributed by atoms with Gasteiger partial charge in [0.2, 0.25) is 0 Å². The van der Waals surface area contributed by atoms with Crippen LogP contribution >= 0.6 is 0 Å². The molecule has 0 saturated heterocycles. The third-order valence-corrected chi connectivity index (χ3v) is 1.92. The molecule has 15 heavy (non-hydrogen) atoms. The van der Waals surface area contributed by atoms with E-state index in [1.165, 1.54) is 19.2 Å². The van der Waals surface area contributed by atoms with Crippen molar-refractivity contribution in [2.75, 3.05) is 7.11 Å². The van der Waals surface area contributed by atoms with Crippen molar-refractivity contribution in [3.8, 4) is 5.75 Å². The summed E-state index contributed by atoms with van der Waals surface area (Å²) >= 11 is 0. The summed E-state index contributed by atoms with van der Waals surface area (Å²) in [5.74, 6) is -1.39. The highest BCUT2D eigenvalue weighted by Gasteiger charge is 2.08. The van der Waals surface area contributed by atoms with Gasteiger partial charge in [-0.05, 0) is 23.3 Å². The lowest BCUT2D eigenvalue weighted by Gasteiger charge is -2.06. The fourth-order valence-corrected chi connectivity index (χ4v) is 1.17. The fraction of sp³-hybridized carbons (Fsp3) is 0.182. The van der Waals surface area contributed by atoms with E-state index in [0.29, 0.717) is 11.1 Å². The zero-order chi connectivity index (χ0) is 11.4. The van der Waals surface area contributed by atoms with Crippen molar-refractivity contribution < 1.29 is 19.0 Å². The van der Waals surface area contributed by atoms with Crippen molar-refractivity contribution in [3.63, 3.8) is 0 Å². The van der Waals surface area contributed by atoms with Gasteiger partial charge in [-0.2, -0.15) is 0 Å². The summed E-state index contributed by atoms with van der Waals surface area (Å²) in [4.78, 5) is 10.4. The van der Waals surface area contributed by atoms with Gasteiger partial charge < -0.3 is 9.84 Å². The molecule has 0 aliphatic rings. The number of hydrogen-bond donors (Lipinski definition) is 1. The first-order chi connectivity index (χ1) is 7.04. The molecular weight excluding hydrogens is 199 g/mol. The van der Waals surface area contributed by atoms with Gasteiger partial charge in [0.1, 0.15) is 0 Å². The van der Waals surface area contributed by atoms with Crippen molar-refractivity contribution in [1.82, 2.24) is 0 Å². The Labute approximate surface area is 86.8 Å². The Morgan fingerprint density at radius 3 is 2.73 bits per heavy atom. The van der Waals surface area contributed by atoms with Crippen LogP contribution in [0.25, 0.3) is 5.57 Å². The number of carbonyl (C=O) groups is 1. The molecule has 0 bridgehead atoms. The summed E-state index contributed by atoms with van der Waals surface area (Å²) < 4.78 is 18.0. The van der Waals surface area contributed by atoms with Crippen LogP contribution in [0.15, 0.2) is 24.8 Å². The molecule has 1 rings (SSSR count). The number of benzene rings is 1. The topological polar surface area (TPSA) is 46.5 Å². The van der Waals surface area contributed by atoms with Crippen molar-refractivity contribution in [2.24, 2.45) is 0 Å². The summed E-state index contributed by atoms with van der Waals surface area (Å²) in [7, 11) is 1.37. The van der Waals surface area contributed by atoms with Gasteiger partial charge in [0.25, 0.3) is 0 Å². The second-order valence-electron chi connectivity index (χ2n) is 3.02. The minimum absolute atomic E-state index is 0.127. The van der Waals surface area contributed by atoms with Crippen LogP contribution < -0.4 is 4.74 Å². The van der Waals surface area contributed by atoms with Crippen molar-refractivity contribution in [1.29, 1.82) is 0 Å². The van der Waals surface area contributed by atoms with Gasteiger partial charge in [0, 0.05) is 0 Å². The van der Waals surface area contributed by atoms with E-state index in [0.717, 1.165) is 0 Å². The Kier molecular flexibility index (Phi) is 3.44. The standard InChI is InChI=1S/C11H11FO3/c1-7(5-11(13)14)8-3-4-10(15-2)9(12)6-8/h3-4,6H,1,5H2,2H3,(H,13,14). The zero-order valence-corrected chi connectivity index (χ0v) is 8.29. The van der Waals surface area contributed by atoms with Crippen LogP contribution in [0.5, 0.6) is 5.75 Å². The van der Waals surface area contributed by atoms with Gasteiger partial charge in [-0.15, -0.1) is 0 Å². The van der Waals surface area contributed by atoms with Crippen LogP contribution in [0.4, 0.5) is 4.39 Å². The van der Waals surface area contributed by atoms with E-state index in [1.807, 2.05) is 0 Å². The molecule has 0 aliphatic carbocycles. The second-order valence-corrected chi connectivity index (χ2v) is 3.02. The molecule has 0 amide bonds. The lowest BCUT2D eigenvalue weighted by molar-refractivity contribution is -0.135. The summed E-state index contributed by atoms with van der Waals surface area (Å²) in [6, 6.07) is 4.23. The van der Waals surface area contributed by atoms with Crippen LogP contribution in [0.2, 0.25) is 0 Å². The van der Waals surface area contributed by atoms with Gasteiger partial charge in [-0.3, -0.25) is 4.79 Å². The van der Waals surface area contributed by atoms with E-state index in [-0.39, 0.29) is 12.2 Å². The Bertz CT molecular complexity index is 399. The van der Waals surface area contributed by atoms with Crippen LogP contribution in [-0.2, 0) is 4.79 Å². The van der Waals surface area contributed by atoms with Crippen molar-refractivity contribution in [3.05, 3.63) is 36.2 Å². The maximum Gasteiger partial charge on any atom is 0.307 e. The van der Waals surface area contributed by atoms with Crippen LogP contribution in [0.3, 0.4) is 0 Å². The van der Waals surface area contributed by atoms with Gasteiger partial charge in [0.05, 0.1) is 13.5 Å². The minimum atomic E-state index is -0.990. The Morgan fingerprint density at radius 1 is 1.60 bits per heavy atom. The quantitative estimate of drug-likeness (QED) is 0.829. The highest BCUT2D eigenvalue weighted by atomic mass is 19.1. The molecular formula is C11H11FO3. The molecule has 0 radical (unpaired) electrons. The van der Waals surface area contributed by atoms with E-state index >= 15 is 0 Å². The molecule has 0 saturated carbocycles. The molecule has 3 nitrogen and oxygen atoms in total. The number of hydrogen-bond acceptors (Lipinski definition) is 2. The minimum Gasteiger partial charge on any atom is -0.494 e. The van der Waals surface area contributed by atoms with Crippen molar-refractivity contribution >= 4 is 11.5 Å². The van der Waals surface area contributed by atoms with E-state index in [9.17, 15) is 9.18 Å². The molecule has 0 unspecified atom stereocenters. The molecule has 0 aromatic heterocycles. The third kappa shape index (κ3) is 2.80. The molecule has 1 aromatic rings. The summed E-state index contributed by atoms with van der Waals surface area (Å²) in [5, 5.41) is 8.54. The average Bonchev–Trinajstić information content (AvgIpc) is 2.16. The number of ether oxygens (including phenoxy) is 1. The number of aliphatic carboxylic acids is 1. The molecule has 0 heterocycles. The van der Waals surface area contributed by atoms with E-state index in [2.05, 4.69) is 6.58 Å². The molecule has 0 spiro atoms. The molecule has 1 N–H and O–H groups in total. The highest BCUT2D eigenvalue weighted by molar-refractivity contribution is 5.83. The zero-order valence-electron chi connectivity index (χ0n) is 8.29. The second kappa shape index (κ2) is 4.59. The predicted molar refractivity (Wildman–Crippen MR) is 54.2 cm³/mol. The normalized spacial score (nSPS) is 9.73. The number of halogens is 1. The van der Waals surface area contributed by atoms with Crippen LogP contribution in [0.1, 0.15) is 12.0 Å². The average molecular weight is 210 g/mol. The first-order valence-electron chi connectivity index (χ1n) is 4.28. The summed E-state index contributed by atoms with van der Waals surface area (Å²) in [6.45, 7) is 3.57. The molecule has 0 atom stereocenters. The maximum absolute atomic E-state index is 13.2. The number of carboxylic acids is 1. The highest BCUT2D eigenvalue weighted by Crippen LogP contribution is 2.23. The summed E-state index contributed by atoms with van der Waals surface area (Å²) in [6.07, 6.45) is -0.203. The molecule has 80 valence electrons. The lowest BCUT2D eigenvalue weighted by Crippen LogP contribution is -1.97. The number of rotatable bonds is 4. The lowest BCUT2D eigenvalue weighted by atomic mass is 10.0. The van der Waals surface area contributed by atoms with Crippen LogP contribution in [0, 0.1) is 5.82 Å². The maximum atomic E-state index is 13.2. The molecule has 0 fully saturated rings. The Hall–Kier alpha value is -1.84. The van der Waals surface area contributed by atoms with Gasteiger partial charge >= 0.3 is 5.97 Å². The van der Waals surface area contributed by atoms with Gasteiger partial charge in [-0.1, -0.05) is 12.6 Å². The number of methoxy groups -OCH3 is 1. The Morgan fingerprint density at radius 2 is 2.27 bits per heavy atom. The third-order valence-electron chi connectivity index (χ3n) is 1.92. The number of carboxylic acid groups (broad SMARTS) is 1. The first kappa shape index (κ1) is 11.2. The molecule has 4 heteroatoms. The van der Waals surface area contributed by atoms with Gasteiger partial charge in [-0.25, -0.2) is 4.39 Å². The smallest absolute Gasteiger partial charge is 0.307 e. The Balaban J connectivity index is 2.92. The summed E-state index contributed by atoms with van der Waals surface area (Å²) in [5.41, 5.74) is 0.833. The van der Waals surface area contributed by atoms with Crippen LogP contribution in [-0.4, -0.2) is 18.2 Å². The SMILES string of the molecule is C=C(CC(=O)O)c1ccc(OC)c(F)c1. The largest absolute Gasteiger partial charge is 0.494 e. The first-order valence-corrected chi connectivity index (χ1v) is 4.28.